The lowest BCUT2D eigenvalue weighted by molar-refractivity contribution is 0.102. The van der Waals surface area contributed by atoms with Crippen LogP contribution in [0.5, 0.6) is 0 Å². The molecule has 0 atom stereocenters. The second-order valence-corrected chi connectivity index (χ2v) is 5.83. The largest absolute Gasteiger partial charge is 0.323 e. The van der Waals surface area contributed by atoms with Gasteiger partial charge >= 0.3 is 0 Å². The number of anilines is 2. The van der Waals surface area contributed by atoms with E-state index >= 15 is 0 Å². The third kappa shape index (κ3) is 3.58. The molecule has 0 unspecified atom stereocenters. The van der Waals surface area contributed by atoms with E-state index in [9.17, 15) is 4.79 Å². The number of amides is 1. The van der Waals surface area contributed by atoms with Gasteiger partial charge < -0.3 is 10.7 Å². The quantitative estimate of drug-likeness (QED) is 0.598. The molecule has 4 N–H and O–H groups in total. The van der Waals surface area contributed by atoms with E-state index in [4.69, 9.17) is 5.84 Å². The van der Waals surface area contributed by atoms with Crippen molar-refractivity contribution in [3.63, 3.8) is 0 Å². The van der Waals surface area contributed by atoms with E-state index in [0.29, 0.717) is 11.4 Å². The van der Waals surface area contributed by atoms with Crippen LogP contribution in [0.4, 0.5) is 11.4 Å². The molecule has 0 aliphatic rings. The van der Waals surface area contributed by atoms with Gasteiger partial charge in [-0.2, -0.15) is 0 Å². The SMILES string of the molecule is CC(C)(C)c1ccccc1NC(=O)c1ccc(NN)cn1. The highest BCUT2D eigenvalue weighted by atomic mass is 16.1. The molecule has 2 rings (SSSR count). The number of nitrogens with one attached hydrogen (secondary N) is 2. The van der Waals surface area contributed by atoms with Gasteiger partial charge in [0.05, 0.1) is 11.9 Å². The number of rotatable bonds is 3. The third-order valence-electron chi connectivity index (χ3n) is 3.15. The standard InChI is InChI=1S/C16H20N4O/c1-16(2,3)12-6-4-5-7-13(12)19-15(21)14-9-8-11(20-17)10-18-14/h4-10,20H,17H2,1-3H3,(H,19,21). The maximum absolute atomic E-state index is 12.3. The highest BCUT2D eigenvalue weighted by molar-refractivity contribution is 6.03. The van der Waals surface area contributed by atoms with Gasteiger partial charge in [-0.1, -0.05) is 39.0 Å². The minimum Gasteiger partial charge on any atom is -0.323 e. The molecule has 1 aromatic carbocycles. The molecule has 0 radical (unpaired) electrons. The summed E-state index contributed by atoms with van der Waals surface area (Å²) in [6, 6.07) is 11.1. The second kappa shape index (κ2) is 5.93. The van der Waals surface area contributed by atoms with Crippen molar-refractivity contribution in [2.75, 3.05) is 10.7 Å². The molecule has 0 aliphatic heterocycles. The first-order valence-electron chi connectivity index (χ1n) is 6.75. The Morgan fingerprint density at radius 1 is 1.14 bits per heavy atom. The van der Waals surface area contributed by atoms with E-state index in [0.717, 1.165) is 11.3 Å². The predicted octanol–water partition coefficient (Wildman–Crippen LogP) is 2.92. The lowest BCUT2D eigenvalue weighted by Gasteiger charge is -2.22. The number of pyridine rings is 1. The van der Waals surface area contributed by atoms with Gasteiger partial charge in [0.15, 0.2) is 0 Å². The topological polar surface area (TPSA) is 80.0 Å². The summed E-state index contributed by atoms with van der Waals surface area (Å²) < 4.78 is 0. The van der Waals surface area contributed by atoms with Crippen LogP contribution in [0, 0.1) is 0 Å². The highest BCUT2D eigenvalue weighted by Crippen LogP contribution is 2.29. The van der Waals surface area contributed by atoms with Crippen molar-refractivity contribution < 1.29 is 4.79 Å². The van der Waals surface area contributed by atoms with Crippen LogP contribution in [0.25, 0.3) is 0 Å². The Hall–Kier alpha value is -2.40. The highest BCUT2D eigenvalue weighted by Gasteiger charge is 2.19. The van der Waals surface area contributed by atoms with Gasteiger partial charge in [0.25, 0.3) is 5.91 Å². The number of nitrogen functional groups attached to an aromatic ring is 1. The number of hydrazine groups is 1. The van der Waals surface area contributed by atoms with Gasteiger partial charge in [0.1, 0.15) is 5.69 Å². The van der Waals surface area contributed by atoms with Crippen LogP contribution in [0.1, 0.15) is 36.8 Å². The number of carbonyl (C=O) groups excluding carboxylic acids is 1. The number of nitrogens with two attached hydrogens (primary N) is 1. The van der Waals surface area contributed by atoms with Gasteiger partial charge in [-0.25, -0.2) is 4.98 Å². The molecule has 0 saturated heterocycles. The van der Waals surface area contributed by atoms with Crippen LogP contribution in [0.3, 0.4) is 0 Å². The summed E-state index contributed by atoms with van der Waals surface area (Å²) in [4.78, 5) is 16.4. The Bertz CT molecular complexity index is 629. The number of nitrogens with zero attached hydrogens (tertiary/aromatic N) is 1. The Labute approximate surface area is 124 Å². The molecule has 0 spiro atoms. The summed E-state index contributed by atoms with van der Waals surface area (Å²) in [6.45, 7) is 6.33. The van der Waals surface area contributed by atoms with Gasteiger partial charge in [-0.3, -0.25) is 10.6 Å². The molecule has 110 valence electrons. The Morgan fingerprint density at radius 2 is 1.86 bits per heavy atom. The van der Waals surface area contributed by atoms with Gasteiger partial charge in [0.2, 0.25) is 0 Å². The first-order valence-corrected chi connectivity index (χ1v) is 6.75. The normalized spacial score (nSPS) is 11.0. The number of para-hydroxylation sites is 1. The van der Waals surface area contributed by atoms with Crippen molar-refractivity contribution in [3.8, 4) is 0 Å². The van der Waals surface area contributed by atoms with Crippen LogP contribution in [0.15, 0.2) is 42.6 Å². The van der Waals surface area contributed by atoms with Crippen molar-refractivity contribution in [2.24, 2.45) is 5.84 Å². The number of benzene rings is 1. The molecule has 0 bridgehead atoms. The van der Waals surface area contributed by atoms with E-state index in [1.54, 1.807) is 12.1 Å². The van der Waals surface area contributed by atoms with Crippen molar-refractivity contribution in [1.29, 1.82) is 0 Å². The predicted molar refractivity (Wildman–Crippen MR) is 85.1 cm³/mol. The van der Waals surface area contributed by atoms with Crippen LogP contribution in [-0.4, -0.2) is 10.9 Å². The zero-order valence-corrected chi connectivity index (χ0v) is 12.5. The Kier molecular flexibility index (Phi) is 4.23. The average Bonchev–Trinajstić information content (AvgIpc) is 2.47. The average molecular weight is 284 g/mol. The van der Waals surface area contributed by atoms with E-state index < -0.39 is 0 Å². The summed E-state index contributed by atoms with van der Waals surface area (Å²) in [5.41, 5.74) is 5.31. The Balaban J connectivity index is 2.23. The fourth-order valence-corrected chi connectivity index (χ4v) is 2.05. The van der Waals surface area contributed by atoms with Crippen molar-refractivity contribution in [3.05, 3.63) is 53.9 Å². The van der Waals surface area contributed by atoms with Gasteiger partial charge in [-0.15, -0.1) is 0 Å². The van der Waals surface area contributed by atoms with Gasteiger partial charge in [0, 0.05) is 5.69 Å². The minimum atomic E-state index is -0.240. The lowest BCUT2D eigenvalue weighted by Crippen LogP contribution is -2.19. The van der Waals surface area contributed by atoms with Crippen molar-refractivity contribution >= 4 is 17.3 Å². The molecule has 2 aromatic rings. The Morgan fingerprint density at radius 3 is 2.43 bits per heavy atom. The zero-order valence-electron chi connectivity index (χ0n) is 12.5. The maximum Gasteiger partial charge on any atom is 0.274 e. The van der Waals surface area contributed by atoms with Gasteiger partial charge in [-0.05, 0) is 29.2 Å². The first kappa shape index (κ1) is 15.0. The van der Waals surface area contributed by atoms with Crippen LogP contribution in [-0.2, 0) is 5.41 Å². The summed E-state index contributed by atoms with van der Waals surface area (Å²) in [6.07, 6.45) is 1.52. The molecule has 0 fully saturated rings. The molecule has 21 heavy (non-hydrogen) atoms. The summed E-state index contributed by atoms with van der Waals surface area (Å²) in [5.74, 6) is 5.04. The minimum absolute atomic E-state index is 0.0510. The molecule has 5 heteroatoms. The molecular formula is C16H20N4O. The number of aromatic nitrogens is 1. The summed E-state index contributed by atoms with van der Waals surface area (Å²) in [5, 5.41) is 2.92. The van der Waals surface area contributed by atoms with E-state index in [2.05, 4.69) is 36.5 Å². The fourth-order valence-electron chi connectivity index (χ4n) is 2.05. The fraction of sp³-hybridized carbons (Fsp3) is 0.250. The zero-order chi connectivity index (χ0) is 15.5. The van der Waals surface area contributed by atoms with E-state index in [-0.39, 0.29) is 11.3 Å². The maximum atomic E-state index is 12.3. The van der Waals surface area contributed by atoms with Crippen LogP contribution < -0.4 is 16.6 Å². The second-order valence-electron chi connectivity index (χ2n) is 5.83. The first-order chi connectivity index (χ1) is 9.91. The monoisotopic (exact) mass is 284 g/mol. The molecular weight excluding hydrogens is 264 g/mol. The number of hydrogen-bond donors (Lipinski definition) is 3. The smallest absolute Gasteiger partial charge is 0.274 e. The summed E-state index contributed by atoms with van der Waals surface area (Å²) in [7, 11) is 0. The molecule has 5 nitrogen and oxygen atoms in total. The molecule has 1 heterocycles. The number of carbonyl (C=O) groups is 1. The van der Waals surface area contributed by atoms with Crippen molar-refractivity contribution in [2.45, 2.75) is 26.2 Å². The third-order valence-corrected chi connectivity index (χ3v) is 3.15. The molecule has 1 amide bonds. The van der Waals surface area contributed by atoms with Crippen LogP contribution >= 0.6 is 0 Å². The molecule has 0 aliphatic carbocycles. The number of hydrogen-bond acceptors (Lipinski definition) is 4. The molecule has 0 saturated carbocycles. The van der Waals surface area contributed by atoms with Crippen molar-refractivity contribution in [1.82, 2.24) is 4.98 Å². The van der Waals surface area contributed by atoms with E-state index in [1.165, 1.54) is 6.20 Å². The molecule has 1 aromatic heterocycles. The lowest BCUT2D eigenvalue weighted by atomic mass is 9.86. The van der Waals surface area contributed by atoms with Crippen LogP contribution in [0.2, 0.25) is 0 Å². The van der Waals surface area contributed by atoms with E-state index in [1.807, 2.05) is 24.3 Å². The summed E-state index contributed by atoms with van der Waals surface area (Å²) >= 11 is 0.